The lowest BCUT2D eigenvalue weighted by molar-refractivity contribution is 0.596. The zero-order valence-electron chi connectivity index (χ0n) is 16.4. The number of aromatic nitrogens is 5. The van der Waals surface area contributed by atoms with E-state index in [1.165, 1.54) is 17.1 Å². The molecule has 0 amide bonds. The van der Waals surface area contributed by atoms with Crippen molar-refractivity contribution in [2.24, 2.45) is 5.84 Å². The van der Waals surface area contributed by atoms with Crippen molar-refractivity contribution in [1.82, 2.24) is 24.3 Å². The van der Waals surface area contributed by atoms with E-state index in [9.17, 15) is 4.39 Å². The van der Waals surface area contributed by atoms with E-state index in [0.29, 0.717) is 35.4 Å². The molecule has 4 heterocycles. The molecule has 5 rings (SSSR count). The van der Waals surface area contributed by atoms with E-state index in [1.54, 1.807) is 53.7 Å². The van der Waals surface area contributed by atoms with Crippen molar-refractivity contribution in [3.8, 4) is 22.6 Å². The van der Waals surface area contributed by atoms with Crippen LogP contribution in [0.25, 0.3) is 28.5 Å². The maximum Gasteiger partial charge on any atom is 0.306 e. The normalized spacial score (nSPS) is 11.2. The predicted octanol–water partition coefficient (Wildman–Crippen LogP) is 3.51. The fourth-order valence-electron chi connectivity index (χ4n) is 3.36. The van der Waals surface area contributed by atoms with Gasteiger partial charge in [0.15, 0.2) is 0 Å². The van der Waals surface area contributed by atoms with Gasteiger partial charge in [-0.2, -0.15) is 4.98 Å². The summed E-state index contributed by atoms with van der Waals surface area (Å²) in [7, 11) is 0. The third-order valence-electron chi connectivity index (χ3n) is 4.91. The third-order valence-corrected chi connectivity index (χ3v) is 4.91. The van der Waals surface area contributed by atoms with Crippen molar-refractivity contribution in [2.45, 2.75) is 6.42 Å². The first-order valence-corrected chi connectivity index (χ1v) is 9.65. The Morgan fingerprint density at radius 1 is 1.00 bits per heavy atom. The van der Waals surface area contributed by atoms with E-state index in [0.717, 1.165) is 17.5 Å². The number of fused-ring (bicyclic) bond motifs is 1. The van der Waals surface area contributed by atoms with Gasteiger partial charge in [-0.25, -0.2) is 20.2 Å². The Morgan fingerprint density at radius 2 is 1.81 bits per heavy atom. The summed E-state index contributed by atoms with van der Waals surface area (Å²) in [6, 6.07) is 11.8. The number of nitrogens with two attached hydrogens (primary N) is 1. The summed E-state index contributed by atoms with van der Waals surface area (Å²) in [6.45, 7) is 0.534. The molecule has 4 aromatic heterocycles. The quantitative estimate of drug-likeness (QED) is 0.335. The number of hydrazine groups is 1. The van der Waals surface area contributed by atoms with Gasteiger partial charge in [-0.1, -0.05) is 0 Å². The molecule has 0 atom stereocenters. The van der Waals surface area contributed by atoms with E-state index in [-0.39, 0.29) is 5.82 Å². The van der Waals surface area contributed by atoms with Crippen molar-refractivity contribution in [3.63, 3.8) is 0 Å². The number of halogens is 1. The van der Waals surface area contributed by atoms with Crippen LogP contribution in [0.5, 0.6) is 0 Å². The average Bonchev–Trinajstić information content (AvgIpc) is 3.40. The highest BCUT2D eigenvalue weighted by atomic mass is 19.1. The molecule has 2 N–H and O–H groups in total. The molecule has 0 radical (unpaired) electrons. The zero-order valence-corrected chi connectivity index (χ0v) is 16.4. The van der Waals surface area contributed by atoms with E-state index in [1.807, 2.05) is 12.1 Å². The maximum absolute atomic E-state index is 13.4. The lowest BCUT2D eigenvalue weighted by Gasteiger charge is -2.17. The molecule has 0 fully saturated rings. The third kappa shape index (κ3) is 3.74. The smallest absolute Gasteiger partial charge is 0.306 e. The Bertz CT molecular complexity index is 1310. The molecule has 9 heteroatoms. The number of benzene rings is 1. The highest BCUT2D eigenvalue weighted by molar-refractivity contribution is 5.79. The lowest BCUT2D eigenvalue weighted by atomic mass is 10.1. The van der Waals surface area contributed by atoms with Gasteiger partial charge in [0.1, 0.15) is 23.5 Å². The van der Waals surface area contributed by atoms with Gasteiger partial charge in [0.2, 0.25) is 5.95 Å². The zero-order chi connectivity index (χ0) is 21.2. The van der Waals surface area contributed by atoms with Gasteiger partial charge < -0.3 is 4.42 Å². The van der Waals surface area contributed by atoms with Crippen LogP contribution in [0.15, 0.2) is 77.9 Å². The second-order valence-electron chi connectivity index (χ2n) is 6.91. The van der Waals surface area contributed by atoms with Gasteiger partial charge in [0, 0.05) is 36.9 Å². The Morgan fingerprint density at radius 3 is 2.61 bits per heavy atom. The fraction of sp³-hybridized carbons (Fsp3) is 0.0909. The average molecular weight is 415 g/mol. The summed E-state index contributed by atoms with van der Waals surface area (Å²) in [5.41, 5.74) is 3.83. The monoisotopic (exact) mass is 415 g/mol. The molecular weight excluding hydrogens is 397 g/mol. The van der Waals surface area contributed by atoms with Gasteiger partial charge in [-0.3, -0.25) is 14.4 Å². The number of oxazole rings is 1. The van der Waals surface area contributed by atoms with Gasteiger partial charge in [-0.05, 0) is 54.4 Å². The van der Waals surface area contributed by atoms with E-state index in [2.05, 4.69) is 19.9 Å². The van der Waals surface area contributed by atoms with Crippen LogP contribution in [-0.2, 0) is 6.42 Å². The molecule has 1 aromatic carbocycles. The van der Waals surface area contributed by atoms with Gasteiger partial charge in [0.05, 0.1) is 5.69 Å². The van der Waals surface area contributed by atoms with Crippen LogP contribution in [0.2, 0.25) is 0 Å². The predicted molar refractivity (Wildman–Crippen MR) is 113 cm³/mol. The fourth-order valence-corrected chi connectivity index (χ4v) is 3.36. The van der Waals surface area contributed by atoms with Crippen molar-refractivity contribution in [1.29, 1.82) is 0 Å². The summed E-state index contributed by atoms with van der Waals surface area (Å²) in [5, 5.41) is 1.51. The summed E-state index contributed by atoms with van der Waals surface area (Å²) in [5.74, 6) is 6.72. The van der Waals surface area contributed by atoms with Crippen LogP contribution in [0.1, 0.15) is 5.56 Å². The molecule has 0 saturated carbocycles. The first kappa shape index (κ1) is 18.9. The number of nitrogens with zero attached hydrogens (tertiary/aromatic N) is 6. The molecule has 0 spiro atoms. The van der Waals surface area contributed by atoms with E-state index in [4.69, 9.17) is 10.3 Å². The second-order valence-corrected chi connectivity index (χ2v) is 6.91. The van der Waals surface area contributed by atoms with Crippen LogP contribution in [0.4, 0.5) is 10.3 Å². The van der Waals surface area contributed by atoms with E-state index >= 15 is 0 Å². The highest BCUT2D eigenvalue weighted by Gasteiger charge is 2.20. The Kier molecular flexibility index (Phi) is 4.85. The second kappa shape index (κ2) is 7.96. The van der Waals surface area contributed by atoms with Crippen molar-refractivity contribution in [3.05, 3.63) is 84.9 Å². The number of anilines is 1. The topological polar surface area (TPSA) is 98.4 Å². The minimum absolute atomic E-state index is 0.314. The summed E-state index contributed by atoms with van der Waals surface area (Å²) < 4.78 is 20.7. The van der Waals surface area contributed by atoms with Crippen molar-refractivity contribution in [2.75, 3.05) is 11.6 Å². The number of pyridine rings is 1. The van der Waals surface area contributed by atoms with Crippen LogP contribution < -0.4 is 10.9 Å². The molecule has 0 saturated heterocycles. The van der Waals surface area contributed by atoms with E-state index < -0.39 is 0 Å². The summed E-state index contributed by atoms with van der Waals surface area (Å²) >= 11 is 0. The molecular formula is C22H18FN7O. The molecule has 5 aromatic rings. The molecule has 0 bridgehead atoms. The molecule has 0 aliphatic rings. The molecule has 0 aliphatic carbocycles. The Balaban J connectivity index is 1.50. The standard InChI is InChI=1S/C22H18FN7O/c23-17-3-1-16(2-4-17)19-20(29-13-14-31-22(29)28-19)18-7-11-26-21(27-18)30(24)12-8-15-5-9-25-10-6-15/h1-7,9-11,13-14H,8,12,24H2. The molecule has 0 unspecified atom stereocenters. The van der Waals surface area contributed by atoms with Crippen molar-refractivity contribution >= 4 is 11.8 Å². The molecule has 154 valence electrons. The molecule has 8 nitrogen and oxygen atoms in total. The van der Waals surface area contributed by atoms with Gasteiger partial charge >= 0.3 is 5.84 Å². The number of hydrogen-bond acceptors (Lipinski definition) is 7. The number of imidazole rings is 1. The molecule has 0 aliphatic heterocycles. The first-order chi connectivity index (χ1) is 15.2. The Hall–Kier alpha value is -4.11. The first-order valence-electron chi connectivity index (χ1n) is 9.65. The SMILES string of the molecule is NN(CCc1ccncc1)c1nccc(-c2c(-c3ccc(F)cc3)nc3occn23)n1. The maximum atomic E-state index is 13.4. The largest absolute Gasteiger partial charge is 0.432 e. The summed E-state index contributed by atoms with van der Waals surface area (Å²) in [4.78, 5) is 17.6. The number of hydrogen-bond donors (Lipinski definition) is 1. The van der Waals surface area contributed by atoms with Crippen LogP contribution in [-0.4, -0.2) is 30.9 Å². The summed E-state index contributed by atoms with van der Waals surface area (Å²) in [6.07, 6.45) is 9.19. The van der Waals surface area contributed by atoms with Crippen molar-refractivity contribution < 1.29 is 8.81 Å². The van der Waals surface area contributed by atoms with Crippen LogP contribution in [0.3, 0.4) is 0 Å². The van der Waals surface area contributed by atoms with Crippen LogP contribution in [0, 0.1) is 5.82 Å². The number of rotatable bonds is 6. The van der Waals surface area contributed by atoms with Gasteiger partial charge in [-0.15, -0.1) is 0 Å². The lowest BCUT2D eigenvalue weighted by Crippen LogP contribution is -2.34. The molecule has 31 heavy (non-hydrogen) atoms. The minimum atomic E-state index is -0.314. The Labute approximate surface area is 176 Å². The minimum Gasteiger partial charge on any atom is -0.432 e. The van der Waals surface area contributed by atoms with Gasteiger partial charge in [0.25, 0.3) is 0 Å². The van der Waals surface area contributed by atoms with Crippen LogP contribution >= 0.6 is 0 Å². The highest BCUT2D eigenvalue weighted by Crippen LogP contribution is 2.32.